The SMILES string of the molecule is COC(=O)c1ccc(OC(=O)c2ccccc2)c(Cl)c1. The summed E-state index contributed by atoms with van der Waals surface area (Å²) >= 11 is 5.98. The van der Waals surface area contributed by atoms with Crippen molar-refractivity contribution in [3.8, 4) is 5.75 Å². The zero-order chi connectivity index (χ0) is 14.5. The Kier molecular flexibility index (Phi) is 4.38. The lowest BCUT2D eigenvalue weighted by Gasteiger charge is -2.07. The summed E-state index contributed by atoms with van der Waals surface area (Å²) in [5.74, 6) is -0.834. The molecule has 0 aliphatic carbocycles. The van der Waals surface area contributed by atoms with Crippen molar-refractivity contribution in [2.45, 2.75) is 0 Å². The van der Waals surface area contributed by atoms with Gasteiger partial charge in [-0.3, -0.25) is 0 Å². The van der Waals surface area contributed by atoms with Gasteiger partial charge in [0, 0.05) is 0 Å². The second-order valence-electron chi connectivity index (χ2n) is 3.89. The lowest BCUT2D eigenvalue weighted by Crippen LogP contribution is -2.09. The zero-order valence-electron chi connectivity index (χ0n) is 10.6. The third-order valence-electron chi connectivity index (χ3n) is 2.57. The second-order valence-corrected chi connectivity index (χ2v) is 4.30. The maximum absolute atomic E-state index is 11.9. The molecule has 2 aromatic rings. The maximum Gasteiger partial charge on any atom is 0.343 e. The topological polar surface area (TPSA) is 52.6 Å². The third kappa shape index (κ3) is 3.16. The van der Waals surface area contributed by atoms with Gasteiger partial charge < -0.3 is 9.47 Å². The minimum absolute atomic E-state index is 0.164. The monoisotopic (exact) mass is 290 g/mol. The fraction of sp³-hybridized carbons (Fsp3) is 0.0667. The average molecular weight is 291 g/mol. The highest BCUT2D eigenvalue weighted by Gasteiger charge is 2.13. The molecule has 0 N–H and O–H groups in total. The number of benzene rings is 2. The molecule has 2 rings (SSSR count). The third-order valence-corrected chi connectivity index (χ3v) is 2.86. The molecule has 0 aliphatic heterocycles. The molecule has 102 valence electrons. The van der Waals surface area contributed by atoms with Crippen molar-refractivity contribution in [2.75, 3.05) is 7.11 Å². The van der Waals surface area contributed by atoms with Gasteiger partial charge in [-0.2, -0.15) is 0 Å². The summed E-state index contributed by atoms with van der Waals surface area (Å²) in [7, 11) is 1.28. The molecular formula is C15H11ClO4. The van der Waals surface area contributed by atoms with E-state index in [0.717, 1.165) is 0 Å². The smallest absolute Gasteiger partial charge is 0.343 e. The van der Waals surface area contributed by atoms with E-state index in [1.807, 2.05) is 0 Å². The molecule has 0 spiro atoms. The predicted octanol–water partition coefficient (Wildman–Crippen LogP) is 3.35. The first kappa shape index (κ1) is 14.1. The van der Waals surface area contributed by atoms with E-state index in [0.29, 0.717) is 5.56 Å². The van der Waals surface area contributed by atoms with Crippen LogP contribution in [0.15, 0.2) is 48.5 Å². The molecule has 5 heteroatoms. The first-order chi connectivity index (χ1) is 9.61. The standard InChI is InChI=1S/C15H11ClO4/c1-19-14(17)11-7-8-13(12(16)9-11)20-15(18)10-5-3-2-4-6-10/h2-9H,1H3. The number of carbonyl (C=O) groups excluding carboxylic acids is 2. The number of ether oxygens (including phenoxy) is 2. The summed E-state index contributed by atoms with van der Waals surface area (Å²) in [5.41, 5.74) is 0.706. The van der Waals surface area contributed by atoms with Crippen molar-refractivity contribution in [1.82, 2.24) is 0 Å². The van der Waals surface area contributed by atoms with Crippen LogP contribution in [0, 0.1) is 0 Å². The molecule has 0 aromatic heterocycles. The average Bonchev–Trinajstić information content (AvgIpc) is 2.49. The zero-order valence-corrected chi connectivity index (χ0v) is 11.4. The minimum Gasteiger partial charge on any atom is -0.465 e. The molecule has 20 heavy (non-hydrogen) atoms. The van der Waals surface area contributed by atoms with Crippen LogP contribution in [0.25, 0.3) is 0 Å². The van der Waals surface area contributed by atoms with Gasteiger partial charge in [-0.1, -0.05) is 29.8 Å². The van der Waals surface area contributed by atoms with E-state index in [9.17, 15) is 9.59 Å². The summed E-state index contributed by atoms with van der Waals surface area (Å²) in [5, 5.41) is 0.164. The quantitative estimate of drug-likeness (QED) is 0.642. The molecule has 0 saturated heterocycles. The van der Waals surface area contributed by atoms with Gasteiger partial charge in [-0.15, -0.1) is 0 Å². The van der Waals surface area contributed by atoms with Gasteiger partial charge >= 0.3 is 11.9 Å². The summed E-state index contributed by atoms with van der Waals surface area (Å²) in [6, 6.07) is 12.9. The fourth-order valence-corrected chi connectivity index (χ4v) is 1.78. The molecule has 0 radical (unpaired) electrons. The molecule has 0 amide bonds. The molecule has 0 unspecified atom stereocenters. The van der Waals surface area contributed by atoms with Gasteiger partial charge in [-0.05, 0) is 30.3 Å². The van der Waals surface area contributed by atoms with E-state index in [4.69, 9.17) is 16.3 Å². The van der Waals surface area contributed by atoms with Gasteiger partial charge in [-0.25, -0.2) is 9.59 Å². The lowest BCUT2D eigenvalue weighted by molar-refractivity contribution is 0.0600. The van der Waals surface area contributed by atoms with Crippen molar-refractivity contribution in [1.29, 1.82) is 0 Å². The summed E-state index contributed by atoms with van der Waals surface area (Å²) in [6.45, 7) is 0. The Morgan fingerprint density at radius 2 is 1.65 bits per heavy atom. The van der Waals surface area contributed by atoms with E-state index >= 15 is 0 Å². The fourth-order valence-electron chi connectivity index (χ4n) is 1.56. The largest absolute Gasteiger partial charge is 0.465 e. The van der Waals surface area contributed by atoms with Crippen molar-refractivity contribution < 1.29 is 19.1 Å². The lowest BCUT2D eigenvalue weighted by atomic mass is 10.2. The number of hydrogen-bond donors (Lipinski definition) is 0. The highest BCUT2D eigenvalue weighted by atomic mass is 35.5. The Balaban J connectivity index is 2.18. The van der Waals surface area contributed by atoms with Crippen molar-refractivity contribution >= 4 is 23.5 Å². The van der Waals surface area contributed by atoms with Crippen LogP contribution in [-0.4, -0.2) is 19.0 Å². The highest BCUT2D eigenvalue weighted by molar-refractivity contribution is 6.32. The van der Waals surface area contributed by atoms with Crippen LogP contribution in [0.2, 0.25) is 5.02 Å². The molecule has 4 nitrogen and oxygen atoms in total. The number of methoxy groups -OCH3 is 1. The highest BCUT2D eigenvalue weighted by Crippen LogP contribution is 2.26. The van der Waals surface area contributed by atoms with Crippen LogP contribution in [0.3, 0.4) is 0 Å². The molecule has 0 atom stereocenters. The summed E-state index contributed by atoms with van der Waals surface area (Å²) < 4.78 is 9.75. The molecule has 0 aliphatic rings. The van der Waals surface area contributed by atoms with Gasteiger partial charge in [0.1, 0.15) is 5.75 Å². The number of halogens is 1. The first-order valence-electron chi connectivity index (χ1n) is 5.77. The van der Waals surface area contributed by atoms with E-state index in [1.165, 1.54) is 25.3 Å². The minimum atomic E-state index is -0.515. The van der Waals surface area contributed by atoms with Crippen LogP contribution >= 0.6 is 11.6 Å². The van der Waals surface area contributed by atoms with Crippen LogP contribution in [0.1, 0.15) is 20.7 Å². The van der Waals surface area contributed by atoms with Crippen LogP contribution < -0.4 is 4.74 Å². The second kappa shape index (κ2) is 6.21. The Morgan fingerprint density at radius 1 is 0.950 bits per heavy atom. The number of carbonyl (C=O) groups is 2. The predicted molar refractivity (Wildman–Crippen MR) is 74.2 cm³/mol. The number of esters is 2. The van der Waals surface area contributed by atoms with Crippen LogP contribution in [-0.2, 0) is 4.74 Å². The Hall–Kier alpha value is -2.33. The van der Waals surface area contributed by atoms with Crippen LogP contribution in [0.5, 0.6) is 5.75 Å². The van der Waals surface area contributed by atoms with Crippen molar-refractivity contribution in [2.24, 2.45) is 0 Å². The van der Waals surface area contributed by atoms with E-state index in [2.05, 4.69) is 4.74 Å². The first-order valence-corrected chi connectivity index (χ1v) is 6.14. The van der Waals surface area contributed by atoms with Gasteiger partial charge in [0.15, 0.2) is 0 Å². The van der Waals surface area contributed by atoms with E-state index in [1.54, 1.807) is 30.3 Å². The Bertz CT molecular complexity index is 638. The molecule has 0 bridgehead atoms. The molecule has 0 heterocycles. The van der Waals surface area contributed by atoms with Gasteiger partial charge in [0.05, 0.1) is 23.3 Å². The number of rotatable bonds is 3. The van der Waals surface area contributed by atoms with Gasteiger partial charge in [0.25, 0.3) is 0 Å². The Morgan fingerprint density at radius 3 is 2.25 bits per heavy atom. The van der Waals surface area contributed by atoms with Crippen LogP contribution in [0.4, 0.5) is 0 Å². The number of hydrogen-bond acceptors (Lipinski definition) is 4. The van der Waals surface area contributed by atoms with E-state index < -0.39 is 11.9 Å². The molecular weight excluding hydrogens is 280 g/mol. The Labute approximate surface area is 120 Å². The van der Waals surface area contributed by atoms with Gasteiger partial charge in [0.2, 0.25) is 0 Å². The normalized spacial score (nSPS) is 9.90. The molecule has 0 saturated carbocycles. The van der Waals surface area contributed by atoms with E-state index in [-0.39, 0.29) is 16.3 Å². The van der Waals surface area contributed by atoms with Crippen molar-refractivity contribution in [3.05, 3.63) is 64.7 Å². The summed E-state index contributed by atoms with van der Waals surface area (Å²) in [6.07, 6.45) is 0. The molecule has 2 aromatic carbocycles. The summed E-state index contributed by atoms with van der Waals surface area (Å²) in [4.78, 5) is 23.2. The van der Waals surface area contributed by atoms with Crippen molar-refractivity contribution in [3.63, 3.8) is 0 Å². The molecule has 0 fully saturated rings. The maximum atomic E-state index is 11.9.